The van der Waals surface area contributed by atoms with E-state index in [0.717, 1.165) is 0 Å². The van der Waals surface area contributed by atoms with E-state index in [4.69, 9.17) is 0 Å². The van der Waals surface area contributed by atoms with Gasteiger partial charge in [-0.15, -0.1) is 0 Å². The first kappa shape index (κ1) is 28.2. The second kappa shape index (κ2) is 8.58. The van der Waals surface area contributed by atoms with E-state index in [1.807, 2.05) is 0 Å². The standard InChI is InChI=1S/C10H8F14.C3H8/c1-4(2-5(11,7(13,14)15)8(16,17)18)3-6(12,9(19,20)21)10(22,23)24;1-3-2/h4H,2-3H2,1H3;3H2,1-2H3. The van der Waals surface area contributed by atoms with Gasteiger partial charge >= 0.3 is 24.7 Å². The highest BCUT2D eigenvalue weighted by Gasteiger charge is 2.75. The van der Waals surface area contributed by atoms with E-state index < -0.39 is 54.8 Å². The summed E-state index contributed by atoms with van der Waals surface area (Å²) in [4.78, 5) is 0. The van der Waals surface area contributed by atoms with Crippen molar-refractivity contribution < 1.29 is 61.5 Å². The first-order valence-electron chi connectivity index (χ1n) is 7.16. The normalized spacial score (nSPS) is 14.9. The Morgan fingerprint density at radius 2 is 0.630 bits per heavy atom. The molecule has 0 amide bonds. The quantitative estimate of drug-likeness (QED) is 0.399. The summed E-state index contributed by atoms with van der Waals surface area (Å²) in [5, 5.41) is 0. The number of rotatable bonds is 4. The molecule has 0 atom stereocenters. The van der Waals surface area contributed by atoms with Gasteiger partial charge in [0.1, 0.15) is 0 Å². The molecule has 0 spiro atoms. The van der Waals surface area contributed by atoms with Crippen molar-refractivity contribution in [3.63, 3.8) is 0 Å². The van der Waals surface area contributed by atoms with Crippen LogP contribution in [0.25, 0.3) is 0 Å². The lowest BCUT2D eigenvalue weighted by Crippen LogP contribution is -2.57. The van der Waals surface area contributed by atoms with E-state index in [0.29, 0.717) is 0 Å². The summed E-state index contributed by atoms with van der Waals surface area (Å²) >= 11 is 0. The topological polar surface area (TPSA) is 0 Å². The molecule has 0 N–H and O–H groups in total. The third kappa shape index (κ3) is 6.54. The molecule has 0 aliphatic heterocycles. The van der Waals surface area contributed by atoms with Crippen molar-refractivity contribution in [2.75, 3.05) is 0 Å². The zero-order valence-electron chi connectivity index (χ0n) is 14.0. The summed E-state index contributed by atoms with van der Waals surface area (Å²) in [6.45, 7) is 4.26. The molecule has 0 fully saturated rings. The Morgan fingerprint density at radius 1 is 0.481 bits per heavy atom. The van der Waals surface area contributed by atoms with Gasteiger partial charge in [0, 0.05) is 12.8 Å². The fourth-order valence-corrected chi connectivity index (χ4v) is 1.82. The molecule has 0 aromatic rings. The Labute approximate surface area is 144 Å². The third-order valence-electron chi connectivity index (χ3n) is 3.06. The van der Waals surface area contributed by atoms with Crippen LogP contribution in [-0.2, 0) is 0 Å². The summed E-state index contributed by atoms with van der Waals surface area (Å²) in [5.41, 5.74) is -12.2. The Balaban J connectivity index is 0. The van der Waals surface area contributed by atoms with Crippen LogP contribution in [0.3, 0.4) is 0 Å². The third-order valence-corrected chi connectivity index (χ3v) is 3.06. The van der Waals surface area contributed by atoms with E-state index in [-0.39, 0.29) is 6.92 Å². The van der Waals surface area contributed by atoms with Crippen molar-refractivity contribution in [3.8, 4) is 0 Å². The van der Waals surface area contributed by atoms with Gasteiger partial charge < -0.3 is 0 Å². The predicted molar refractivity (Wildman–Crippen MR) is 66.3 cm³/mol. The van der Waals surface area contributed by atoms with Crippen LogP contribution in [-0.4, -0.2) is 36.0 Å². The van der Waals surface area contributed by atoms with E-state index in [9.17, 15) is 61.5 Å². The molecule has 0 aromatic heterocycles. The second-order valence-electron chi connectivity index (χ2n) is 5.81. The molecule has 0 heterocycles. The molecule has 0 radical (unpaired) electrons. The van der Waals surface area contributed by atoms with Gasteiger partial charge in [-0.25, -0.2) is 8.78 Å². The molecule has 14 heteroatoms. The largest absolute Gasteiger partial charge is 0.431 e. The van der Waals surface area contributed by atoms with E-state index in [2.05, 4.69) is 13.8 Å². The second-order valence-corrected chi connectivity index (χ2v) is 5.81. The molecule has 166 valence electrons. The van der Waals surface area contributed by atoms with Crippen LogP contribution in [0.5, 0.6) is 0 Å². The maximum Gasteiger partial charge on any atom is 0.431 e. The van der Waals surface area contributed by atoms with E-state index >= 15 is 0 Å². The Bertz CT molecular complexity index is 370. The molecule has 0 nitrogen and oxygen atoms in total. The Hall–Kier alpha value is -0.980. The lowest BCUT2D eigenvalue weighted by Gasteiger charge is -2.35. The SMILES string of the molecule is CC(CC(F)(C(F)(F)F)C(F)(F)F)CC(F)(C(F)(F)F)C(F)(F)F.CCC. The molecule has 0 aliphatic carbocycles. The van der Waals surface area contributed by atoms with Crippen LogP contribution in [0.15, 0.2) is 0 Å². The van der Waals surface area contributed by atoms with E-state index in [1.165, 1.54) is 6.42 Å². The number of hydrogen-bond acceptors (Lipinski definition) is 0. The van der Waals surface area contributed by atoms with Crippen molar-refractivity contribution in [3.05, 3.63) is 0 Å². The molecular formula is C13H16F14. The molecule has 0 unspecified atom stereocenters. The van der Waals surface area contributed by atoms with Crippen LogP contribution < -0.4 is 0 Å². The van der Waals surface area contributed by atoms with Gasteiger partial charge in [0.25, 0.3) is 11.3 Å². The first-order chi connectivity index (χ1) is 11.5. The van der Waals surface area contributed by atoms with Crippen LogP contribution >= 0.6 is 0 Å². The fraction of sp³-hybridized carbons (Fsp3) is 1.00. The number of halogens is 14. The maximum atomic E-state index is 13.3. The molecule has 0 aromatic carbocycles. The molecule has 0 saturated carbocycles. The zero-order valence-corrected chi connectivity index (χ0v) is 14.0. The molecule has 27 heavy (non-hydrogen) atoms. The highest BCUT2D eigenvalue weighted by atomic mass is 19.4. The summed E-state index contributed by atoms with van der Waals surface area (Å²) in [5.74, 6) is -2.91. The summed E-state index contributed by atoms with van der Waals surface area (Å²) in [7, 11) is 0. The molecule has 0 rings (SSSR count). The smallest absolute Gasteiger partial charge is 0.224 e. The van der Waals surface area contributed by atoms with Gasteiger partial charge in [0.15, 0.2) is 0 Å². The average molecular weight is 438 g/mol. The molecule has 0 bridgehead atoms. The van der Waals surface area contributed by atoms with Crippen molar-refractivity contribution in [2.24, 2.45) is 5.92 Å². The summed E-state index contributed by atoms with van der Waals surface area (Å²) < 4.78 is 173. The van der Waals surface area contributed by atoms with Gasteiger partial charge in [0.2, 0.25) is 0 Å². The fourth-order valence-electron chi connectivity index (χ4n) is 1.82. The van der Waals surface area contributed by atoms with Crippen molar-refractivity contribution in [2.45, 2.75) is 76.1 Å². The van der Waals surface area contributed by atoms with Gasteiger partial charge in [-0.3, -0.25) is 0 Å². The average Bonchev–Trinajstić information content (AvgIpc) is 2.33. The van der Waals surface area contributed by atoms with Gasteiger partial charge in [-0.05, 0) is 5.92 Å². The minimum Gasteiger partial charge on any atom is -0.224 e. The maximum absolute atomic E-state index is 13.3. The lowest BCUT2D eigenvalue weighted by molar-refractivity contribution is -0.356. The lowest BCUT2D eigenvalue weighted by atomic mass is 9.84. The van der Waals surface area contributed by atoms with Gasteiger partial charge in [-0.2, -0.15) is 52.7 Å². The monoisotopic (exact) mass is 438 g/mol. The summed E-state index contributed by atoms with van der Waals surface area (Å²) in [6.07, 6.45) is -31.2. The van der Waals surface area contributed by atoms with Crippen molar-refractivity contribution in [1.82, 2.24) is 0 Å². The Kier molecular flexibility index (Phi) is 8.97. The molecule has 0 aliphatic rings. The first-order valence-corrected chi connectivity index (χ1v) is 7.16. The van der Waals surface area contributed by atoms with E-state index in [1.54, 1.807) is 0 Å². The predicted octanol–water partition coefficient (Wildman–Crippen LogP) is 7.48. The van der Waals surface area contributed by atoms with Gasteiger partial charge in [-0.1, -0.05) is 27.2 Å². The zero-order chi connectivity index (χ0) is 22.7. The van der Waals surface area contributed by atoms with Crippen LogP contribution in [0.4, 0.5) is 61.5 Å². The van der Waals surface area contributed by atoms with Crippen LogP contribution in [0.1, 0.15) is 40.0 Å². The minimum atomic E-state index is -6.67. The Morgan fingerprint density at radius 3 is 0.741 bits per heavy atom. The number of hydrogen-bond donors (Lipinski definition) is 0. The summed E-state index contributed by atoms with van der Waals surface area (Å²) in [6, 6.07) is 0. The van der Waals surface area contributed by atoms with Crippen LogP contribution in [0, 0.1) is 5.92 Å². The van der Waals surface area contributed by atoms with Crippen molar-refractivity contribution >= 4 is 0 Å². The van der Waals surface area contributed by atoms with Crippen LogP contribution in [0.2, 0.25) is 0 Å². The highest BCUT2D eigenvalue weighted by molar-refractivity contribution is 5.00. The molecule has 0 saturated heterocycles. The highest BCUT2D eigenvalue weighted by Crippen LogP contribution is 2.54. The minimum absolute atomic E-state index is 0.0115. The van der Waals surface area contributed by atoms with Gasteiger partial charge in [0.05, 0.1) is 0 Å². The molecular weight excluding hydrogens is 422 g/mol. The van der Waals surface area contributed by atoms with Crippen molar-refractivity contribution in [1.29, 1.82) is 0 Å². The number of alkyl halides is 14.